The molecule has 0 radical (unpaired) electrons. The lowest BCUT2D eigenvalue weighted by atomic mass is 10.1. The van der Waals surface area contributed by atoms with Crippen LogP contribution in [-0.2, 0) is 14.8 Å². The SMILES string of the molecule is Cc1ccccc1N(CC(=O)NC(C)c1ccc2c(c1)OCO2)S(C)(=O)=O. The van der Waals surface area contributed by atoms with Crippen molar-refractivity contribution >= 4 is 21.6 Å². The molecule has 0 aromatic heterocycles. The maximum atomic E-state index is 12.5. The Hall–Kier alpha value is -2.74. The molecular formula is C19H22N2O5S. The molecule has 1 amide bonds. The molecule has 0 aliphatic carbocycles. The molecule has 0 bridgehead atoms. The Kier molecular flexibility index (Phi) is 5.27. The maximum absolute atomic E-state index is 12.5. The van der Waals surface area contributed by atoms with Crippen molar-refractivity contribution in [2.24, 2.45) is 0 Å². The monoisotopic (exact) mass is 390 g/mol. The van der Waals surface area contributed by atoms with Crippen LogP contribution in [0.15, 0.2) is 42.5 Å². The molecule has 1 heterocycles. The fourth-order valence-electron chi connectivity index (χ4n) is 2.91. The van der Waals surface area contributed by atoms with Crippen molar-refractivity contribution in [3.05, 3.63) is 53.6 Å². The number of carbonyl (C=O) groups is 1. The van der Waals surface area contributed by atoms with Gasteiger partial charge in [-0.3, -0.25) is 9.10 Å². The number of sulfonamides is 1. The van der Waals surface area contributed by atoms with Crippen LogP contribution in [0.25, 0.3) is 0 Å². The molecule has 0 spiro atoms. The van der Waals surface area contributed by atoms with E-state index in [0.29, 0.717) is 17.2 Å². The Morgan fingerprint density at radius 2 is 1.89 bits per heavy atom. The van der Waals surface area contributed by atoms with Crippen molar-refractivity contribution in [2.75, 3.05) is 23.9 Å². The van der Waals surface area contributed by atoms with Crippen LogP contribution in [0.4, 0.5) is 5.69 Å². The number of nitrogens with zero attached hydrogens (tertiary/aromatic N) is 1. The number of hydrogen-bond donors (Lipinski definition) is 1. The van der Waals surface area contributed by atoms with E-state index in [-0.39, 0.29) is 19.4 Å². The first kappa shape index (κ1) is 19.0. The zero-order chi connectivity index (χ0) is 19.6. The summed E-state index contributed by atoms with van der Waals surface area (Å²) in [5, 5.41) is 2.84. The predicted octanol–water partition coefficient (Wildman–Crippen LogP) is 2.37. The lowest BCUT2D eigenvalue weighted by Crippen LogP contribution is -2.41. The Labute approximate surface area is 158 Å². The molecule has 0 fully saturated rings. The van der Waals surface area contributed by atoms with Gasteiger partial charge >= 0.3 is 0 Å². The fraction of sp³-hybridized carbons (Fsp3) is 0.316. The Morgan fingerprint density at radius 3 is 2.59 bits per heavy atom. The first-order valence-corrected chi connectivity index (χ1v) is 10.3. The average Bonchev–Trinajstić information content (AvgIpc) is 3.07. The second kappa shape index (κ2) is 7.48. The molecule has 1 aliphatic heterocycles. The highest BCUT2D eigenvalue weighted by molar-refractivity contribution is 7.92. The van der Waals surface area contributed by atoms with Gasteiger partial charge < -0.3 is 14.8 Å². The van der Waals surface area contributed by atoms with E-state index in [4.69, 9.17) is 9.47 Å². The molecule has 2 aromatic carbocycles. The first-order valence-electron chi connectivity index (χ1n) is 8.48. The zero-order valence-electron chi connectivity index (χ0n) is 15.4. The predicted molar refractivity (Wildman–Crippen MR) is 102 cm³/mol. The van der Waals surface area contributed by atoms with E-state index < -0.39 is 15.9 Å². The van der Waals surface area contributed by atoms with Gasteiger partial charge in [-0.05, 0) is 43.2 Å². The number of benzene rings is 2. The second-order valence-corrected chi connectivity index (χ2v) is 8.36. The number of anilines is 1. The summed E-state index contributed by atoms with van der Waals surface area (Å²) in [4.78, 5) is 12.5. The van der Waals surface area contributed by atoms with Crippen LogP contribution < -0.4 is 19.1 Å². The number of hydrogen-bond acceptors (Lipinski definition) is 5. The third kappa shape index (κ3) is 4.33. The standard InChI is InChI=1S/C19H22N2O5S/c1-13-6-4-5-7-16(13)21(27(3,23)24)11-19(22)20-14(2)15-8-9-17-18(10-15)26-12-25-17/h4-10,14H,11-12H2,1-3H3,(H,20,22). The molecule has 3 rings (SSSR count). The Morgan fingerprint density at radius 1 is 1.19 bits per heavy atom. The summed E-state index contributed by atoms with van der Waals surface area (Å²) < 4.78 is 36.2. The molecular weight excluding hydrogens is 368 g/mol. The van der Waals surface area contributed by atoms with Gasteiger partial charge in [0.05, 0.1) is 18.0 Å². The third-order valence-corrected chi connectivity index (χ3v) is 5.47. The minimum Gasteiger partial charge on any atom is -0.454 e. The minimum atomic E-state index is -3.61. The van der Waals surface area contributed by atoms with Gasteiger partial charge in [-0.15, -0.1) is 0 Å². The van der Waals surface area contributed by atoms with Gasteiger partial charge in [0.2, 0.25) is 22.7 Å². The average molecular weight is 390 g/mol. The molecule has 2 aromatic rings. The molecule has 27 heavy (non-hydrogen) atoms. The maximum Gasteiger partial charge on any atom is 0.241 e. The summed E-state index contributed by atoms with van der Waals surface area (Å²) in [6.07, 6.45) is 1.09. The lowest BCUT2D eigenvalue weighted by Gasteiger charge is -2.24. The summed E-state index contributed by atoms with van der Waals surface area (Å²) in [6.45, 7) is 3.52. The van der Waals surface area contributed by atoms with E-state index >= 15 is 0 Å². The summed E-state index contributed by atoms with van der Waals surface area (Å²) in [6, 6.07) is 12.2. The summed E-state index contributed by atoms with van der Waals surface area (Å²) in [5.74, 6) is 0.903. The molecule has 7 nitrogen and oxygen atoms in total. The number of amides is 1. The molecule has 1 atom stereocenters. The number of carbonyl (C=O) groups excluding carboxylic acids is 1. The smallest absolute Gasteiger partial charge is 0.241 e. The largest absolute Gasteiger partial charge is 0.454 e. The number of nitrogens with one attached hydrogen (secondary N) is 1. The highest BCUT2D eigenvalue weighted by atomic mass is 32.2. The van der Waals surface area contributed by atoms with Gasteiger partial charge in [-0.25, -0.2) is 8.42 Å². The van der Waals surface area contributed by atoms with Crippen LogP contribution >= 0.6 is 0 Å². The number of ether oxygens (including phenoxy) is 2. The number of aryl methyl sites for hydroxylation is 1. The molecule has 144 valence electrons. The lowest BCUT2D eigenvalue weighted by molar-refractivity contribution is -0.120. The summed E-state index contributed by atoms with van der Waals surface area (Å²) >= 11 is 0. The van der Waals surface area contributed by atoms with E-state index in [1.807, 2.05) is 25.1 Å². The number of fused-ring (bicyclic) bond motifs is 1. The van der Waals surface area contributed by atoms with Crippen molar-refractivity contribution in [3.8, 4) is 11.5 Å². The van der Waals surface area contributed by atoms with Crippen molar-refractivity contribution in [1.82, 2.24) is 5.32 Å². The van der Waals surface area contributed by atoms with Crippen LogP contribution in [0, 0.1) is 6.92 Å². The van der Waals surface area contributed by atoms with Crippen LogP contribution in [0.2, 0.25) is 0 Å². The molecule has 0 saturated heterocycles. The first-order chi connectivity index (χ1) is 12.8. The highest BCUT2D eigenvalue weighted by Gasteiger charge is 2.23. The normalized spacial score (nSPS) is 13.9. The molecule has 8 heteroatoms. The topological polar surface area (TPSA) is 84.9 Å². The quantitative estimate of drug-likeness (QED) is 0.819. The summed E-state index contributed by atoms with van der Waals surface area (Å²) in [7, 11) is -3.61. The Bertz CT molecular complexity index is 958. The van der Waals surface area contributed by atoms with Gasteiger partial charge in [0.1, 0.15) is 6.54 Å². The van der Waals surface area contributed by atoms with Crippen molar-refractivity contribution in [1.29, 1.82) is 0 Å². The van der Waals surface area contributed by atoms with Crippen molar-refractivity contribution < 1.29 is 22.7 Å². The van der Waals surface area contributed by atoms with E-state index in [9.17, 15) is 13.2 Å². The zero-order valence-corrected chi connectivity index (χ0v) is 16.2. The van der Waals surface area contributed by atoms with E-state index in [2.05, 4.69) is 5.32 Å². The van der Waals surface area contributed by atoms with Gasteiger partial charge in [0.15, 0.2) is 11.5 Å². The van der Waals surface area contributed by atoms with E-state index in [1.165, 1.54) is 0 Å². The van der Waals surface area contributed by atoms with Crippen LogP contribution in [0.1, 0.15) is 24.1 Å². The fourth-order valence-corrected chi connectivity index (χ4v) is 3.82. The van der Waals surface area contributed by atoms with Crippen LogP contribution in [0.3, 0.4) is 0 Å². The van der Waals surface area contributed by atoms with Gasteiger partial charge in [0, 0.05) is 0 Å². The third-order valence-electron chi connectivity index (χ3n) is 4.35. The van der Waals surface area contributed by atoms with Gasteiger partial charge in [-0.2, -0.15) is 0 Å². The van der Waals surface area contributed by atoms with E-state index in [1.54, 1.807) is 31.2 Å². The highest BCUT2D eigenvalue weighted by Crippen LogP contribution is 2.34. The molecule has 1 unspecified atom stereocenters. The second-order valence-electron chi connectivity index (χ2n) is 6.46. The van der Waals surface area contributed by atoms with Gasteiger partial charge in [-0.1, -0.05) is 24.3 Å². The molecule has 1 N–H and O–H groups in total. The van der Waals surface area contributed by atoms with Gasteiger partial charge in [0.25, 0.3) is 0 Å². The molecule has 0 saturated carbocycles. The van der Waals surface area contributed by atoms with Crippen LogP contribution in [-0.4, -0.2) is 33.9 Å². The summed E-state index contributed by atoms with van der Waals surface area (Å²) in [5.41, 5.74) is 2.11. The number of para-hydroxylation sites is 1. The number of rotatable bonds is 6. The Balaban J connectivity index is 1.74. The van der Waals surface area contributed by atoms with E-state index in [0.717, 1.165) is 21.7 Å². The molecule has 1 aliphatic rings. The van der Waals surface area contributed by atoms with Crippen LogP contribution in [0.5, 0.6) is 11.5 Å². The van der Waals surface area contributed by atoms with Crippen molar-refractivity contribution in [3.63, 3.8) is 0 Å². The van der Waals surface area contributed by atoms with Crippen molar-refractivity contribution in [2.45, 2.75) is 19.9 Å². The minimum absolute atomic E-state index is 0.180.